The first-order chi connectivity index (χ1) is 13.6. The van der Waals surface area contributed by atoms with E-state index in [0.29, 0.717) is 23.8 Å². The molecule has 144 valence electrons. The van der Waals surface area contributed by atoms with Crippen molar-refractivity contribution >= 4 is 17.5 Å². The van der Waals surface area contributed by atoms with Gasteiger partial charge in [0.25, 0.3) is 5.91 Å². The van der Waals surface area contributed by atoms with Crippen LogP contribution in [0.25, 0.3) is 0 Å². The minimum Gasteiger partial charge on any atom is -0.497 e. The van der Waals surface area contributed by atoms with Gasteiger partial charge in [-0.2, -0.15) is 0 Å². The normalized spacial score (nSPS) is 15.7. The molecule has 0 bridgehead atoms. The standard InChI is InChI=1S/C20H19ClN4O3/c1-27-16-7-5-14(6-8-16)18-11-25-17(12-28-18)19(23-24-25)20(26)22-10-13-3-2-4-15(21)9-13/h2-9,18H,10-12H2,1H3,(H,22,26)/t18-/m1/s1. The zero-order valence-corrected chi connectivity index (χ0v) is 16.0. The van der Waals surface area contributed by atoms with Gasteiger partial charge in [0.15, 0.2) is 5.69 Å². The molecule has 0 radical (unpaired) electrons. The van der Waals surface area contributed by atoms with Gasteiger partial charge >= 0.3 is 0 Å². The second kappa shape index (κ2) is 8.00. The van der Waals surface area contributed by atoms with Gasteiger partial charge in [-0.05, 0) is 35.4 Å². The number of carbonyl (C=O) groups is 1. The van der Waals surface area contributed by atoms with Crippen molar-refractivity contribution < 1.29 is 14.3 Å². The average molecular weight is 399 g/mol. The van der Waals surface area contributed by atoms with Crippen molar-refractivity contribution in [2.24, 2.45) is 0 Å². The predicted molar refractivity (Wildman–Crippen MR) is 103 cm³/mol. The maximum absolute atomic E-state index is 12.5. The first-order valence-electron chi connectivity index (χ1n) is 8.84. The van der Waals surface area contributed by atoms with Crippen LogP contribution < -0.4 is 10.1 Å². The van der Waals surface area contributed by atoms with Crippen LogP contribution in [-0.4, -0.2) is 28.0 Å². The second-order valence-electron chi connectivity index (χ2n) is 6.45. The summed E-state index contributed by atoms with van der Waals surface area (Å²) in [5.41, 5.74) is 2.90. The van der Waals surface area contributed by atoms with Gasteiger partial charge in [-0.25, -0.2) is 4.68 Å². The average Bonchev–Trinajstić information content (AvgIpc) is 3.15. The maximum Gasteiger partial charge on any atom is 0.274 e. The summed E-state index contributed by atoms with van der Waals surface area (Å²) in [4.78, 5) is 12.5. The van der Waals surface area contributed by atoms with Crippen molar-refractivity contribution in [3.63, 3.8) is 0 Å². The number of hydrogen-bond acceptors (Lipinski definition) is 5. The SMILES string of the molecule is COc1ccc([C@H]2Cn3nnc(C(=O)NCc4cccc(Cl)c4)c3CO2)cc1. The summed E-state index contributed by atoms with van der Waals surface area (Å²) < 4.78 is 12.9. The Bertz CT molecular complexity index is 987. The van der Waals surface area contributed by atoms with E-state index in [1.165, 1.54) is 0 Å². The van der Waals surface area contributed by atoms with Crippen molar-refractivity contribution in [1.29, 1.82) is 0 Å². The van der Waals surface area contributed by atoms with Crippen molar-refractivity contribution in [1.82, 2.24) is 20.3 Å². The molecule has 0 fully saturated rings. The fourth-order valence-electron chi connectivity index (χ4n) is 3.12. The quantitative estimate of drug-likeness (QED) is 0.714. The molecule has 7 nitrogen and oxygen atoms in total. The predicted octanol–water partition coefficient (Wildman–Crippen LogP) is 3.14. The zero-order valence-electron chi connectivity index (χ0n) is 15.3. The fourth-order valence-corrected chi connectivity index (χ4v) is 3.33. The highest BCUT2D eigenvalue weighted by molar-refractivity contribution is 6.30. The molecule has 0 spiro atoms. The van der Waals surface area contributed by atoms with Crippen LogP contribution in [0.1, 0.15) is 33.4 Å². The Balaban J connectivity index is 1.43. The highest BCUT2D eigenvalue weighted by Gasteiger charge is 2.27. The molecule has 2 heterocycles. The molecule has 4 rings (SSSR count). The van der Waals surface area contributed by atoms with Gasteiger partial charge in [-0.15, -0.1) is 5.10 Å². The number of nitrogens with one attached hydrogen (secondary N) is 1. The third-order valence-electron chi connectivity index (χ3n) is 4.64. The third kappa shape index (κ3) is 3.85. The van der Waals surface area contributed by atoms with Crippen LogP contribution in [0.3, 0.4) is 0 Å². The van der Waals surface area contributed by atoms with E-state index >= 15 is 0 Å². The summed E-state index contributed by atoms with van der Waals surface area (Å²) in [7, 11) is 1.63. The number of fused-ring (bicyclic) bond motifs is 1. The maximum atomic E-state index is 12.5. The van der Waals surface area contributed by atoms with Crippen molar-refractivity contribution in [2.45, 2.75) is 25.8 Å². The Morgan fingerprint density at radius 2 is 2.14 bits per heavy atom. The van der Waals surface area contributed by atoms with Crippen LogP contribution in [0.5, 0.6) is 5.75 Å². The molecule has 1 N–H and O–H groups in total. The van der Waals surface area contributed by atoms with Gasteiger partial charge in [0.05, 0.1) is 26.0 Å². The summed E-state index contributed by atoms with van der Waals surface area (Å²) in [5, 5.41) is 11.7. The molecule has 1 atom stereocenters. The van der Waals surface area contributed by atoms with E-state index in [4.69, 9.17) is 21.1 Å². The van der Waals surface area contributed by atoms with Crippen LogP contribution in [-0.2, 0) is 24.4 Å². The van der Waals surface area contributed by atoms with Crippen molar-refractivity contribution in [3.05, 3.63) is 76.1 Å². The minimum atomic E-state index is -0.285. The molecular formula is C20H19ClN4O3. The number of aromatic nitrogens is 3. The van der Waals surface area contributed by atoms with Crippen molar-refractivity contribution in [2.75, 3.05) is 7.11 Å². The van der Waals surface area contributed by atoms with E-state index in [0.717, 1.165) is 16.9 Å². The van der Waals surface area contributed by atoms with E-state index in [1.54, 1.807) is 17.9 Å². The summed E-state index contributed by atoms with van der Waals surface area (Å²) in [6, 6.07) is 15.1. The first-order valence-corrected chi connectivity index (χ1v) is 9.22. The summed E-state index contributed by atoms with van der Waals surface area (Å²) >= 11 is 5.97. The molecule has 1 amide bonds. The van der Waals surface area contributed by atoms with Crippen LogP contribution in [0.2, 0.25) is 5.02 Å². The van der Waals surface area contributed by atoms with E-state index in [-0.39, 0.29) is 24.3 Å². The third-order valence-corrected chi connectivity index (χ3v) is 4.88. The molecule has 1 aromatic heterocycles. The zero-order chi connectivity index (χ0) is 19.5. The number of rotatable bonds is 5. The number of amides is 1. The number of halogens is 1. The van der Waals surface area contributed by atoms with E-state index < -0.39 is 0 Å². The Labute approximate surface area is 167 Å². The summed E-state index contributed by atoms with van der Waals surface area (Å²) in [5.74, 6) is 0.507. The second-order valence-corrected chi connectivity index (χ2v) is 6.89. The fraction of sp³-hybridized carbons (Fsp3) is 0.250. The van der Waals surface area contributed by atoms with Gasteiger partial charge in [0, 0.05) is 11.6 Å². The van der Waals surface area contributed by atoms with E-state index in [1.807, 2.05) is 42.5 Å². The van der Waals surface area contributed by atoms with Gasteiger partial charge in [0.1, 0.15) is 11.9 Å². The van der Waals surface area contributed by atoms with Crippen LogP contribution in [0.4, 0.5) is 0 Å². The highest BCUT2D eigenvalue weighted by Crippen LogP contribution is 2.28. The Kier molecular flexibility index (Phi) is 5.27. The number of carbonyl (C=O) groups excluding carboxylic acids is 1. The lowest BCUT2D eigenvalue weighted by atomic mass is 10.1. The molecular weight excluding hydrogens is 380 g/mol. The van der Waals surface area contributed by atoms with Crippen LogP contribution in [0, 0.1) is 0 Å². The van der Waals surface area contributed by atoms with Crippen molar-refractivity contribution in [3.8, 4) is 5.75 Å². The minimum absolute atomic E-state index is 0.150. The molecule has 1 aliphatic heterocycles. The first kappa shape index (κ1) is 18.5. The topological polar surface area (TPSA) is 78.3 Å². The lowest BCUT2D eigenvalue weighted by Gasteiger charge is -2.24. The molecule has 3 aromatic rings. The van der Waals surface area contributed by atoms with Crippen LogP contribution >= 0.6 is 11.6 Å². The van der Waals surface area contributed by atoms with E-state index in [2.05, 4.69) is 15.6 Å². The number of hydrogen-bond donors (Lipinski definition) is 1. The molecule has 1 aliphatic rings. The molecule has 0 unspecified atom stereocenters. The summed E-state index contributed by atoms with van der Waals surface area (Å²) in [6.07, 6.45) is -0.150. The molecule has 8 heteroatoms. The number of ether oxygens (including phenoxy) is 2. The Morgan fingerprint density at radius 3 is 2.89 bits per heavy atom. The number of benzene rings is 2. The molecule has 0 saturated carbocycles. The Morgan fingerprint density at radius 1 is 1.32 bits per heavy atom. The lowest BCUT2D eigenvalue weighted by Crippen LogP contribution is -2.27. The molecule has 0 saturated heterocycles. The van der Waals surface area contributed by atoms with Gasteiger partial charge in [0.2, 0.25) is 0 Å². The van der Waals surface area contributed by atoms with Gasteiger partial charge in [-0.3, -0.25) is 4.79 Å². The Hall–Kier alpha value is -2.90. The molecule has 2 aromatic carbocycles. The number of nitrogens with zero attached hydrogens (tertiary/aromatic N) is 3. The molecule has 28 heavy (non-hydrogen) atoms. The largest absolute Gasteiger partial charge is 0.497 e. The van der Waals surface area contributed by atoms with Crippen LogP contribution in [0.15, 0.2) is 48.5 Å². The smallest absolute Gasteiger partial charge is 0.274 e. The summed E-state index contributed by atoms with van der Waals surface area (Å²) in [6.45, 7) is 1.13. The molecule has 0 aliphatic carbocycles. The van der Waals surface area contributed by atoms with Gasteiger partial charge in [-0.1, -0.05) is 41.1 Å². The monoisotopic (exact) mass is 398 g/mol. The highest BCUT2D eigenvalue weighted by atomic mass is 35.5. The number of methoxy groups -OCH3 is 1. The lowest BCUT2D eigenvalue weighted by molar-refractivity contribution is -0.00179. The van der Waals surface area contributed by atoms with E-state index in [9.17, 15) is 4.79 Å². The van der Waals surface area contributed by atoms with Gasteiger partial charge < -0.3 is 14.8 Å².